The van der Waals surface area contributed by atoms with E-state index < -0.39 is 25.2 Å². The zero-order chi connectivity index (χ0) is 17.3. The van der Waals surface area contributed by atoms with Gasteiger partial charge in [-0.25, -0.2) is 21.6 Å². The second kappa shape index (κ2) is 6.58. The van der Waals surface area contributed by atoms with Crippen molar-refractivity contribution in [3.05, 3.63) is 0 Å². The number of carbonyl (C=O) groups excluding carboxylic acids is 1. The van der Waals surface area contributed by atoms with Gasteiger partial charge in [-0.1, -0.05) is 13.3 Å². The lowest BCUT2D eigenvalue weighted by molar-refractivity contribution is 0.169. The van der Waals surface area contributed by atoms with E-state index in [0.717, 1.165) is 12.8 Å². The van der Waals surface area contributed by atoms with E-state index in [0.29, 0.717) is 19.4 Å². The van der Waals surface area contributed by atoms with Crippen LogP contribution in [0.3, 0.4) is 0 Å². The normalized spacial score (nSPS) is 31.8. The maximum absolute atomic E-state index is 12.6. The molecule has 0 aromatic heterocycles. The third kappa shape index (κ3) is 4.82. The molecule has 0 aliphatic carbocycles. The summed E-state index contributed by atoms with van der Waals surface area (Å²) in [5, 5.41) is 2.84. The van der Waals surface area contributed by atoms with Crippen LogP contribution in [0.2, 0.25) is 0 Å². The van der Waals surface area contributed by atoms with Gasteiger partial charge in [0.15, 0.2) is 19.7 Å². The largest absolute Gasteiger partial charge is 0.332 e. The fourth-order valence-electron chi connectivity index (χ4n) is 3.24. The molecule has 2 aliphatic rings. The van der Waals surface area contributed by atoms with Crippen molar-refractivity contribution in [1.29, 1.82) is 0 Å². The lowest BCUT2D eigenvalue weighted by Gasteiger charge is -2.33. The molecule has 2 unspecified atom stereocenters. The molecule has 7 nitrogen and oxygen atoms in total. The summed E-state index contributed by atoms with van der Waals surface area (Å²) in [5.74, 6) is 0.130. The Morgan fingerprint density at radius 2 is 1.91 bits per heavy atom. The Morgan fingerprint density at radius 3 is 2.39 bits per heavy atom. The molecule has 0 aromatic carbocycles. The quantitative estimate of drug-likeness (QED) is 0.766. The van der Waals surface area contributed by atoms with Crippen molar-refractivity contribution in [3.63, 3.8) is 0 Å². The molecule has 0 radical (unpaired) electrons. The van der Waals surface area contributed by atoms with Crippen LogP contribution < -0.4 is 5.32 Å². The predicted molar refractivity (Wildman–Crippen MR) is 88.9 cm³/mol. The van der Waals surface area contributed by atoms with Gasteiger partial charge in [-0.2, -0.15) is 0 Å². The molecule has 1 N–H and O–H groups in total. The van der Waals surface area contributed by atoms with Gasteiger partial charge in [0.2, 0.25) is 0 Å². The first kappa shape index (κ1) is 18.5. The van der Waals surface area contributed by atoms with Crippen molar-refractivity contribution in [2.24, 2.45) is 0 Å². The third-order valence-electron chi connectivity index (χ3n) is 4.57. The summed E-state index contributed by atoms with van der Waals surface area (Å²) in [4.78, 5) is 14.2. The Bertz CT molecular complexity index is 659. The zero-order valence-electron chi connectivity index (χ0n) is 13.7. The van der Waals surface area contributed by atoms with E-state index in [-0.39, 0.29) is 35.1 Å². The minimum absolute atomic E-state index is 0.000846. The van der Waals surface area contributed by atoms with Crippen molar-refractivity contribution < 1.29 is 21.6 Å². The molecule has 2 heterocycles. The smallest absolute Gasteiger partial charge is 0.318 e. The number of urea groups is 1. The van der Waals surface area contributed by atoms with Crippen LogP contribution in [0.1, 0.15) is 39.5 Å². The number of hydrogen-bond donors (Lipinski definition) is 1. The van der Waals surface area contributed by atoms with Crippen LogP contribution in [-0.4, -0.2) is 68.9 Å². The third-order valence-corrected chi connectivity index (χ3v) is 8.23. The van der Waals surface area contributed by atoms with E-state index in [9.17, 15) is 21.6 Å². The summed E-state index contributed by atoms with van der Waals surface area (Å²) in [6.07, 6.45) is 2.54. The van der Waals surface area contributed by atoms with Gasteiger partial charge >= 0.3 is 6.03 Å². The van der Waals surface area contributed by atoms with Gasteiger partial charge in [0, 0.05) is 12.6 Å². The Balaban J connectivity index is 2.08. The van der Waals surface area contributed by atoms with Crippen molar-refractivity contribution in [2.75, 3.05) is 29.6 Å². The van der Waals surface area contributed by atoms with E-state index in [1.54, 1.807) is 11.8 Å². The van der Waals surface area contributed by atoms with Gasteiger partial charge in [0.05, 0.1) is 28.6 Å². The minimum atomic E-state index is -3.11. The van der Waals surface area contributed by atoms with Crippen LogP contribution in [0.15, 0.2) is 0 Å². The van der Waals surface area contributed by atoms with Gasteiger partial charge in [0.1, 0.15) is 0 Å². The van der Waals surface area contributed by atoms with Gasteiger partial charge < -0.3 is 10.2 Å². The topological polar surface area (TPSA) is 101 Å². The summed E-state index contributed by atoms with van der Waals surface area (Å²) in [6, 6.07) is -0.659. The highest BCUT2D eigenvalue weighted by molar-refractivity contribution is 7.92. The molecule has 0 saturated carbocycles. The Labute approximate surface area is 138 Å². The van der Waals surface area contributed by atoms with Crippen molar-refractivity contribution in [3.8, 4) is 0 Å². The van der Waals surface area contributed by atoms with Crippen molar-refractivity contribution in [1.82, 2.24) is 10.2 Å². The number of amides is 2. The number of carbonyl (C=O) groups is 1. The molecular weight excluding hydrogens is 340 g/mol. The van der Waals surface area contributed by atoms with Gasteiger partial charge in [-0.3, -0.25) is 0 Å². The highest BCUT2D eigenvalue weighted by atomic mass is 32.2. The van der Waals surface area contributed by atoms with E-state index in [4.69, 9.17) is 0 Å². The standard InChI is InChI=1S/C14H26N2O5S2/c1-3-4-7-16(12-5-8-22(18,19)10-12)13(17)15-14(2)6-9-23(20,21)11-14/h12H,3-11H2,1-2H3,(H,15,17). The summed E-state index contributed by atoms with van der Waals surface area (Å²) in [5.41, 5.74) is -0.766. The molecular formula is C14H26N2O5S2. The Hall–Kier alpha value is -0.830. The van der Waals surface area contributed by atoms with E-state index in [2.05, 4.69) is 5.32 Å². The fourth-order valence-corrected chi connectivity index (χ4v) is 7.06. The van der Waals surface area contributed by atoms with Crippen molar-refractivity contribution >= 4 is 25.7 Å². The summed E-state index contributed by atoms with van der Waals surface area (Å²) >= 11 is 0. The molecule has 2 rings (SSSR count). The van der Waals surface area contributed by atoms with Gasteiger partial charge in [-0.05, 0) is 26.2 Å². The number of nitrogens with zero attached hydrogens (tertiary/aromatic N) is 1. The molecule has 0 bridgehead atoms. The average Bonchev–Trinajstić information content (AvgIpc) is 2.89. The lowest BCUT2D eigenvalue weighted by Crippen LogP contribution is -2.55. The maximum Gasteiger partial charge on any atom is 0.318 e. The number of nitrogens with one attached hydrogen (secondary N) is 1. The van der Waals surface area contributed by atoms with Crippen LogP contribution >= 0.6 is 0 Å². The molecule has 134 valence electrons. The molecule has 2 aliphatic heterocycles. The molecule has 9 heteroatoms. The average molecular weight is 367 g/mol. The Morgan fingerprint density at radius 1 is 1.22 bits per heavy atom. The number of hydrogen-bond acceptors (Lipinski definition) is 5. The molecule has 2 saturated heterocycles. The molecule has 2 atom stereocenters. The summed E-state index contributed by atoms with van der Waals surface area (Å²) < 4.78 is 46.7. The first-order valence-electron chi connectivity index (χ1n) is 8.05. The first-order valence-corrected chi connectivity index (χ1v) is 11.7. The van der Waals surface area contributed by atoms with Crippen LogP contribution in [0.4, 0.5) is 4.79 Å². The maximum atomic E-state index is 12.6. The van der Waals surface area contributed by atoms with Crippen LogP contribution in [0.5, 0.6) is 0 Å². The first-order chi connectivity index (χ1) is 10.6. The highest BCUT2D eigenvalue weighted by Crippen LogP contribution is 2.24. The summed E-state index contributed by atoms with van der Waals surface area (Å²) in [7, 11) is -6.19. The van der Waals surface area contributed by atoms with Gasteiger partial charge in [0.25, 0.3) is 0 Å². The lowest BCUT2D eigenvalue weighted by atomic mass is 10.0. The molecule has 0 aromatic rings. The second-order valence-corrected chi connectivity index (χ2v) is 11.3. The number of unbranched alkanes of at least 4 members (excludes halogenated alkanes) is 1. The zero-order valence-corrected chi connectivity index (χ0v) is 15.4. The minimum Gasteiger partial charge on any atom is -0.332 e. The van der Waals surface area contributed by atoms with Crippen LogP contribution in [0.25, 0.3) is 0 Å². The SMILES string of the molecule is CCCCN(C(=O)NC1(C)CCS(=O)(=O)C1)C1CCS(=O)(=O)C1. The summed E-state index contributed by atoms with van der Waals surface area (Å²) in [6.45, 7) is 4.23. The highest BCUT2D eigenvalue weighted by Gasteiger charge is 2.42. The molecule has 2 fully saturated rings. The van der Waals surface area contributed by atoms with Crippen molar-refractivity contribution in [2.45, 2.75) is 51.1 Å². The fraction of sp³-hybridized carbons (Fsp3) is 0.929. The molecule has 0 spiro atoms. The molecule has 2 amide bonds. The van der Waals surface area contributed by atoms with E-state index >= 15 is 0 Å². The number of rotatable bonds is 5. The van der Waals surface area contributed by atoms with Gasteiger partial charge in [-0.15, -0.1) is 0 Å². The predicted octanol–water partition coefficient (Wildman–Crippen LogP) is 0.562. The molecule has 23 heavy (non-hydrogen) atoms. The van der Waals surface area contributed by atoms with E-state index in [1.165, 1.54) is 0 Å². The van der Waals surface area contributed by atoms with E-state index in [1.807, 2.05) is 6.92 Å². The van der Waals surface area contributed by atoms with Crippen LogP contribution in [0, 0.1) is 0 Å². The Kier molecular flexibility index (Phi) is 5.30. The number of sulfone groups is 2. The van der Waals surface area contributed by atoms with Crippen LogP contribution in [-0.2, 0) is 19.7 Å². The monoisotopic (exact) mass is 366 g/mol. The second-order valence-electron chi connectivity index (χ2n) is 6.94.